The maximum Gasteiger partial charge on any atom is 0.0738 e. The van der Waals surface area contributed by atoms with Gasteiger partial charge in [-0.05, 0) is 48.5 Å². The van der Waals surface area contributed by atoms with E-state index in [1.165, 1.54) is 19.3 Å². The Morgan fingerprint density at radius 3 is 2.75 bits per heavy atom. The van der Waals surface area contributed by atoms with Crippen LogP contribution in [0.1, 0.15) is 37.6 Å². The lowest BCUT2D eigenvalue weighted by Gasteiger charge is -2.30. The Morgan fingerprint density at radius 1 is 1.56 bits per heavy atom. The molecule has 0 bridgehead atoms. The average molecular weight is 287 g/mol. The number of aliphatic hydroxyl groups excluding tert-OH is 1. The number of hydrogen-bond acceptors (Lipinski definition) is 2. The van der Waals surface area contributed by atoms with Gasteiger partial charge >= 0.3 is 0 Å². The quantitative estimate of drug-likeness (QED) is 0.924. The second-order valence-electron chi connectivity index (χ2n) is 4.62. The molecule has 0 aromatic carbocycles. The molecule has 16 heavy (non-hydrogen) atoms. The van der Waals surface area contributed by atoms with Crippen molar-refractivity contribution in [1.82, 2.24) is 9.78 Å². The van der Waals surface area contributed by atoms with Gasteiger partial charge < -0.3 is 5.11 Å². The Kier molecular flexibility index (Phi) is 3.70. The summed E-state index contributed by atoms with van der Waals surface area (Å²) in [5, 5.41) is 14.6. The zero-order chi connectivity index (χ0) is 11.7. The minimum absolute atomic E-state index is 0.202. The number of aliphatic hydroxyl groups is 1. The first kappa shape index (κ1) is 12.1. The second kappa shape index (κ2) is 4.88. The number of hydrogen-bond donors (Lipinski definition) is 1. The molecule has 0 spiro atoms. The Labute approximate surface area is 105 Å². The molecule has 90 valence electrons. The van der Waals surface area contributed by atoms with Crippen molar-refractivity contribution in [3.8, 4) is 0 Å². The summed E-state index contributed by atoms with van der Waals surface area (Å²) in [6, 6.07) is 0. The molecule has 0 aliphatic heterocycles. The SMILES string of the molecule is CCn1nc(C)c(Br)c1CC(O)C1CCC1. The Morgan fingerprint density at radius 2 is 2.25 bits per heavy atom. The van der Waals surface area contributed by atoms with Crippen molar-refractivity contribution in [2.45, 2.75) is 52.2 Å². The van der Waals surface area contributed by atoms with E-state index in [-0.39, 0.29) is 6.10 Å². The molecular formula is C12H19BrN2O. The second-order valence-corrected chi connectivity index (χ2v) is 5.42. The highest BCUT2D eigenvalue weighted by Gasteiger charge is 2.27. The number of aromatic nitrogens is 2. The topological polar surface area (TPSA) is 38.0 Å². The highest BCUT2D eigenvalue weighted by atomic mass is 79.9. The standard InChI is InChI=1S/C12H19BrN2O/c1-3-15-10(12(13)8(2)14-15)7-11(16)9-5-4-6-9/h9,11,16H,3-7H2,1-2H3. The van der Waals surface area contributed by atoms with Crippen LogP contribution in [-0.2, 0) is 13.0 Å². The summed E-state index contributed by atoms with van der Waals surface area (Å²) < 4.78 is 3.05. The molecule has 1 fully saturated rings. The van der Waals surface area contributed by atoms with E-state index in [1.54, 1.807) is 0 Å². The predicted octanol–water partition coefficient (Wildman–Crippen LogP) is 2.68. The highest BCUT2D eigenvalue weighted by molar-refractivity contribution is 9.10. The van der Waals surface area contributed by atoms with Gasteiger partial charge in [0.2, 0.25) is 0 Å². The third kappa shape index (κ3) is 2.18. The maximum atomic E-state index is 10.1. The first-order valence-corrected chi connectivity index (χ1v) is 6.82. The van der Waals surface area contributed by atoms with E-state index in [1.807, 2.05) is 11.6 Å². The number of nitrogens with zero attached hydrogens (tertiary/aromatic N) is 2. The van der Waals surface area contributed by atoms with E-state index in [9.17, 15) is 5.11 Å². The molecule has 0 saturated heterocycles. The van der Waals surface area contributed by atoms with E-state index >= 15 is 0 Å². The summed E-state index contributed by atoms with van der Waals surface area (Å²) in [6.07, 6.45) is 4.15. The van der Waals surface area contributed by atoms with Crippen LogP contribution in [0.2, 0.25) is 0 Å². The third-order valence-electron chi connectivity index (χ3n) is 3.55. The summed E-state index contributed by atoms with van der Waals surface area (Å²) in [5.74, 6) is 0.507. The fourth-order valence-corrected chi connectivity index (χ4v) is 2.70. The molecule has 1 unspecified atom stereocenters. The third-order valence-corrected chi connectivity index (χ3v) is 4.58. The van der Waals surface area contributed by atoms with E-state index in [0.717, 1.165) is 28.8 Å². The van der Waals surface area contributed by atoms with Gasteiger partial charge in [-0.1, -0.05) is 6.42 Å². The van der Waals surface area contributed by atoms with Crippen molar-refractivity contribution in [1.29, 1.82) is 0 Å². The largest absolute Gasteiger partial charge is 0.392 e. The van der Waals surface area contributed by atoms with Crippen LogP contribution in [0, 0.1) is 12.8 Å². The van der Waals surface area contributed by atoms with Gasteiger partial charge in [0.1, 0.15) is 0 Å². The molecule has 1 heterocycles. The van der Waals surface area contributed by atoms with Crippen LogP contribution < -0.4 is 0 Å². The van der Waals surface area contributed by atoms with Crippen LogP contribution in [0.5, 0.6) is 0 Å². The molecule has 3 nitrogen and oxygen atoms in total. The summed E-state index contributed by atoms with van der Waals surface area (Å²) >= 11 is 3.56. The van der Waals surface area contributed by atoms with Crippen molar-refractivity contribution in [2.24, 2.45) is 5.92 Å². The first-order valence-electron chi connectivity index (χ1n) is 6.03. The Hall–Kier alpha value is -0.350. The fraction of sp³-hybridized carbons (Fsp3) is 0.750. The lowest BCUT2D eigenvalue weighted by atomic mass is 9.80. The number of aryl methyl sites for hydroxylation is 2. The van der Waals surface area contributed by atoms with Crippen molar-refractivity contribution >= 4 is 15.9 Å². The van der Waals surface area contributed by atoms with Crippen molar-refractivity contribution in [3.63, 3.8) is 0 Å². The molecule has 1 aromatic rings. The van der Waals surface area contributed by atoms with Crippen LogP contribution in [0.15, 0.2) is 4.47 Å². The molecule has 0 amide bonds. The molecular weight excluding hydrogens is 268 g/mol. The van der Waals surface area contributed by atoms with Crippen LogP contribution in [0.4, 0.5) is 0 Å². The van der Waals surface area contributed by atoms with Crippen molar-refractivity contribution in [3.05, 3.63) is 15.9 Å². The molecule has 1 N–H and O–H groups in total. The first-order chi connectivity index (χ1) is 7.63. The van der Waals surface area contributed by atoms with Crippen molar-refractivity contribution < 1.29 is 5.11 Å². The van der Waals surface area contributed by atoms with Gasteiger partial charge in [-0.15, -0.1) is 0 Å². The van der Waals surface area contributed by atoms with E-state index in [4.69, 9.17) is 0 Å². The van der Waals surface area contributed by atoms with Crippen molar-refractivity contribution in [2.75, 3.05) is 0 Å². The normalized spacial score (nSPS) is 18.5. The van der Waals surface area contributed by atoms with E-state index in [0.29, 0.717) is 5.92 Å². The van der Waals surface area contributed by atoms with Crippen LogP contribution in [0.3, 0.4) is 0 Å². The fourth-order valence-electron chi connectivity index (χ4n) is 2.25. The Bertz CT molecular complexity index is 371. The van der Waals surface area contributed by atoms with Gasteiger partial charge in [0, 0.05) is 13.0 Å². The smallest absolute Gasteiger partial charge is 0.0738 e. The molecule has 1 aromatic heterocycles. The van der Waals surface area contributed by atoms with E-state index in [2.05, 4.69) is 28.0 Å². The van der Waals surface area contributed by atoms with Gasteiger partial charge in [-0.3, -0.25) is 4.68 Å². The summed E-state index contributed by atoms with van der Waals surface area (Å²) in [7, 11) is 0. The minimum Gasteiger partial charge on any atom is -0.392 e. The lowest BCUT2D eigenvalue weighted by molar-refractivity contribution is 0.0612. The number of rotatable bonds is 4. The molecule has 1 saturated carbocycles. The molecule has 2 rings (SSSR count). The Balaban J connectivity index is 2.12. The summed E-state index contributed by atoms with van der Waals surface area (Å²) in [5.41, 5.74) is 2.15. The van der Waals surface area contributed by atoms with Gasteiger partial charge in [-0.2, -0.15) is 5.10 Å². The highest BCUT2D eigenvalue weighted by Crippen LogP contribution is 2.32. The van der Waals surface area contributed by atoms with Gasteiger partial charge in [-0.25, -0.2) is 0 Å². The number of halogens is 1. The molecule has 1 aliphatic rings. The minimum atomic E-state index is -0.202. The van der Waals surface area contributed by atoms with E-state index < -0.39 is 0 Å². The maximum absolute atomic E-state index is 10.1. The zero-order valence-electron chi connectivity index (χ0n) is 9.91. The van der Waals surface area contributed by atoms with Crippen LogP contribution in [0.25, 0.3) is 0 Å². The van der Waals surface area contributed by atoms with Crippen LogP contribution >= 0.6 is 15.9 Å². The molecule has 0 radical (unpaired) electrons. The van der Waals surface area contributed by atoms with Gasteiger partial charge in [0.25, 0.3) is 0 Å². The zero-order valence-corrected chi connectivity index (χ0v) is 11.5. The summed E-state index contributed by atoms with van der Waals surface area (Å²) in [4.78, 5) is 0. The summed E-state index contributed by atoms with van der Waals surface area (Å²) in [6.45, 7) is 4.94. The van der Waals surface area contributed by atoms with Gasteiger partial charge in [0.05, 0.1) is 22.0 Å². The molecule has 1 atom stereocenters. The average Bonchev–Trinajstić information content (AvgIpc) is 2.43. The molecule has 1 aliphatic carbocycles. The molecule has 4 heteroatoms. The predicted molar refractivity (Wildman–Crippen MR) is 67.4 cm³/mol. The van der Waals surface area contributed by atoms with Gasteiger partial charge in [0.15, 0.2) is 0 Å². The lowest BCUT2D eigenvalue weighted by Crippen LogP contribution is -2.29. The van der Waals surface area contributed by atoms with Crippen LogP contribution in [-0.4, -0.2) is 21.0 Å². The monoisotopic (exact) mass is 286 g/mol.